The molecule has 0 aliphatic heterocycles. The molecule has 0 aromatic rings. The summed E-state index contributed by atoms with van der Waals surface area (Å²) in [6.07, 6.45) is -7.07. The van der Waals surface area contributed by atoms with E-state index in [2.05, 4.69) is 0 Å². The van der Waals surface area contributed by atoms with Crippen molar-refractivity contribution in [3.8, 4) is 0 Å². The molecule has 0 aromatic carbocycles. The predicted octanol–water partition coefficient (Wildman–Crippen LogP) is 0.910. The van der Waals surface area contributed by atoms with Gasteiger partial charge in [-0.1, -0.05) is 0 Å². The van der Waals surface area contributed by atoms with E-state index in [4.69, 9.17) is 14.4 Å². The fourth-order valence-electron chi connectivity index (χ4n) is 0.586. The van der Waals surface area contributed by atoms with Gasteiger partial charge in [-0.15, -0.1) is 0 Å². The van der Waals surface area contributed by atoms with E-state index in [-0.39, 0.29) is 0 Å². The smallest absolute Gasteiger partial charge is 0.386 e. The van der Waals surface area contributed by atoms with Gasteiger partial charge in [0.25, 0.3) is 0 Å². The molecule has 0 saturated heterocycles. The van der Waals surface area contributed by atoms with Crippen LogP contribution in [0, 0.1) is 0 Å². The molecule has 0 aliphatic carbocycles. The summed E-state index contributed by atoms with van der Waals surface area (Å²) in [6, 6.07) is 0. The van der Waals surface area contributed by atoms with Crippen LogP contribution < -0.4 is 0 Å². The third kappa shape index (κ3) is 2.23. The first-order valence-electron chi connectivity index (χ1n) is 3.37. The Labute approximate surface area is 87.5 Å². The zero-order valence-corrected chi connectivity index (χ0v) is 8.24. The van der Waals surface area contributed by atoms with Gasteiger partial charge in [0, 0.05) is 0 Å². The fourth-order valence-corrected chi connectivity index (χ4v) is 1.16. The highest BCUT2D eigenvalue weighted by molar-refractivity contribution is 6.59. The standard InChI is InChI=1S/C4H3F9O3Si/c5-1(6,3(9,10)11)2(7,8)4(12,13)17(14,15)16/h14-16H. The van der Waals surface area contributed by atoms with Crippen LogP contribution in [-0.4, -0.2) is 46.8 Å². The summed E-state index contributed by atoms with van der Waals surface area (Å²) in [7, 11) is -7.27. The highest BCUT2D eigenvalue weighted by Gasteiger charge is 2.87. The van der Waals surface area contributed by atoms with Crippen molar-refractivity contribution in [2.75, 3.05) is 0 Å². The lowest BCUT2D eigenvalue weighted by atomic mass is 10.1. The first-order valence-corrected chi connectivity index (χ1v) is 5.21. The van der Waals surface area contributed by atoms with Crippen molar-refractivity contribution < 1.29 is 53.9 Å². The second-order valence-electron chi connectivity index (χ2n) is 2.86. The molecule has 0 amide bonds. The summed E-state index contributed by atoms with van der Waals surface area (Å²) >= 11 is 0. The topological polar surface area (TPSA) is 60.7 Å². The highest BCUT2D eigenvalue weighted by Crippen LogP contribution is 2.54. The molecule has 0 spiro atoms. The summed E-state index contributed by atoms with van der Waals surface area (Å²) in [6.45, 7) is 0. The summed E-state index contributed by atoms with van der Waals surface area (Å²) in [4.78, 5) is 23.5. The molecule has 17 heavy (non-hydrogen) atoms. The third-order valence-electron chi connectivity index (χ3n) is 1.57. The molecule has 13 heteroatoms. The van der Waals surface area contributed by atoms with E-state index in [9.17, 15) is 39.5 Å². The second kappa shape index (κ2) is 3.73. The maximum absolute atomic E-state index is 12.3. The molecule has 0 radical (unpaired) electrons. The van der Waals surface area contributed by atoms with Gasteiger partial charge in [0.15, 0.2) is 0 Å². The Kier molecular flexibility index (Phi) is 3.61. The van der Waals surface area contributed by atoms with Crippen LogP contribution in [-0.2, 0) is 0 Å². The van der Waals surface area contributed by atoms with Crippen LogP contribution in [0.1, 0.15) is 0 Å². The summed E-state index contributed by atoms with van der Waals surface area (Å²) < 4.78 is 108. The van der Waals surface area contributed by atoms with Gasteiger partial charge < -0.3 is 14.4 Å². The predicted molar refractivity (Wildman–Crippen MR) is 33.3 cm³/mol. The van der Waals surface area contributed by atoms with Gasteiger partial charge in [0.1, 0.15) is 0 Å². The summed E-state index contributed by atoms with van der Waals surface area (Å²) in [5, 5.41) is 0. The zero-order valence-electron chi connectivity index (χ0n) is 7.24. The van der Waals surface area contributed by atoms with Gasteiger partial charge in [0.2, 0.25) is 0 Å². The van der Waals surface area contributed by atoms with Gasteiger partial charge in [-0.05, 0) is 0 Å². The first kappa shape index (κ1) is 16.5. The van der Waals surface area contributed by atoms with E-state index in [1.54, 1.807) is 0 Å². The Morgan fingerprint density at radius 3 is 1.06 bits per heavy atom. The molecular formula is C4H3F9O3Si. The second-order valence-corrected chi connectivity index (χ2v) is 4.76. The van der Waals surface area contributed by atoms with E-state index in [1.165, 1.54) is 0 Å². The monoisotopic (exact) mass is 298 g/mol. The molecule has 0 rings (SSSR count). The number of rotatable bonds is 3. The van der Waals surface area contributed by atoms with E-state index in [1.807, 2.05) is 0 Å². The molecule has 0 aliphatic rings. The minimum absolute atomic E-state index is 6.72. The van der Waals surface area contributed by atoms with Crippen LogP contribution in [0.5, 0.6) is 0 Å². The van der Waals surface area contributed by atoms with Crippen LogP contribution in [0.3, 0.4) is 0 Å². The molecular weight excluding hydrogens is 295 g/mol. The summed E-state index contributed by atoms with van der Waals surface area (Å²) in [5.41, 5.74) is -6.72. The van der Waals surface area contributed by atoms with Crippen LogP contribution in [0.25, 0.3) is 0 Å². The van der Waals surface area contributed by atoms with Gasteiger partial charge in [-0.2, -0.15) is 39.5 Å². The molecule has 3 N–H and O–H groups in total. The number of alkyl halides is 9. The molecule has 0 atom stereocenters. The van der Waals surface area contributed by atoms with Gasteiger partial charge >= 0.3 is 32.4 Å². The SMILES string of the molecule is O[Si](O)(O)C(F)(F)C(F)(F)C(F)(F)C(F)(F)F. The van der Waals surface area contributed by atoms with Crippen molar-refractivity contribution in [1.29, 1.82) is 0 Å². The Bertz CT molecular complexity index is 264. The Hall–Kier alpha value is -0.533. The maximum atomic E-state index is 12.3. The molecule has 0 bridgehead atoms. The van der Waals surface area contributed by atoms with Crippen molar-refractivity contribution in [2.24, 2.45) is 0 Å². The van der Waals surface area contributed by atoms with E-state index in [0.29, 0.717) is 0 Å². The first-order chi connectivity index (χ1) is 7.00. The summed E-state index contributed by atoms with van der Waals surface area (Å²) in [5.74, 6) is -14.5. The van der Waals surface area contributed by atoms with Crippen LogP contribution >= 0.6 is 0 Å². The Balaban J connectivity index is 5.73. The van der Waals surface area contributed by atoms with Crippen molar-refractivity contribution >= 4 is 8.80 Å². The maximum Gasteiger partial charge on any atom is 0.574 e. The number of hydrogen-bond donors (Lipinski definition) is 3. The van der Waals surface area contributed by atoms with E-state index >= 15 is 0 Å². The molecule has 0 unspecified atom stereocenters. The highest BCUT2D eigenvalue weighted by atomic mass is 28.4. The van der Waals surface area contributed by atoms with Crippen molar-refractivity contribution in [1.82, 2.24) is 0 Å². The Morgan fingerprint density at radius 2 is 0.882 bits per heavy atom. The largest absolute Gasteiger partial charge is 0.574 e. The zero-order chi connectivity index (χ0) is 14.5. The fraction of sp³-hybridized carbons (Fsp3) is 1.00. The van der Waals surface area contributed by atoms with E-state index in [0.717, 1.165) is 0 Å². The van der Waals surface area contributed by atoms with E-state index < -0.39 is 32.4 Å². The molecule has 0 fully saturated rings. The third-order valence-corrected chi connectivity index (χ3v) is 2.72. The minimum Gasteiger partial charge on any atom is -0.386 e. The lowest BCUT2D eigenvalue weighted by molar-refractivity contribution is -0.388. The van der Waals surface area contributed by atoms with Gasteiger partial charge in [0.05, 0.1) is 0 Å². The lowest BCUT2D eigenvalue weighted by Crippen LogP contribution is -2.71. The normalized spacial score (nSPS) is 16.2. The van der Waals surface area contributed by atoms with Gasteiger partial charge in [-0.25, -0.2) is 0 Å². The van der Waals surface area contributed by atoms with Crippen LogP contribution in [0.2, 0.25) is 0 Å². The Morgan fingerprint density at radius 1 is 0.588 bits per heavy atom. The lowest BCUT2D eigenvalue weighted by Gasteiger charge is -2.35. The van der Waals surface area contributed by atoms with Crippen molar-refractivity contribution in [3.05, 3.63) is 0 Å². The van der Waals surface area contributed by atoms with Crippen LogP contribution in [0.4, 0.5) is 39.5 Å². The minimum atomic E-state index is -7.27. The average molecular weight is 298 g/mol. The quantitative estimate of drug-likeness (QED) is 0.536. The molecule has 0 saturated carbocycles. The molecule has 0 heterocycles. The van der Waals surface area contributed by atoms with Crippen molar-refractivity contribution in [3.63, 3.8) is 0 Å². The van der Waals surface area contributed by atoms with Crippen molar-refractivity contribution in [2.45, 2.75) is 23.6 Å². The number of halogens is 9. The number of hydrogen-bond acceptors (Lipinski definition) is 3. The molecule has 104 valence electrons. The molecule has 3 nitrogen and oxygen atoms in total. The average Bonchev–Trinajstić information content (AvgIpc) is 1.98. The van der Waals surface area contributed by atoms with Gasteiger partial charge in [-0.3, -0.25) is 0 Å². The molecule has 0 aromatic heterocycles. The van der Waals surface area contributed by atoms with Crippen LogP contribution in [0.15, 0.2) is 0 Å².